The number of fused-ring (bicyclic) bond motifs is 1. The number of nitrogens with zero attached hydrogens (tertiary/aromatic N) is 2. The third-order valence-electron chi connectivity index (χ3n) is 3.21. The van der Waals surface area contributed by atoms with E-state index < -0.39 is 0 Å². The minimum atomic E-state index is 0.127. The Bertz CT molecular complexity index is 591. The fourth-order valence-electron chi connectivity index (χ4n) is 2.30. The van der Waals surface area contributed by atoms with Gasteiger partial charge in [0.15, 0.2) is 0 Å². The van der Waals surface area contributed by atoms with E-state index in [-0.39, 0.29) is 5.91 Å². The van der Waals surface area contributed by atoms with Crippen LogP contribution in [0.2, 0.25) is 0 Å². The second-order valence-corrected chi connectivity index (χ2v) is 5.55. The Morgan fingerprint density at radius 3 is 3.00 bits per heavy atom. The monoisotopic (exact) mass is 258 g/mol. The maximum absolute atomic E-state index is 12.3. The fourth-order valence-corrected chi connectivity index (χ4v) is 2.91. The van der Waals surface area contributed by atoms with Crippen LogP contribution in [0.25, 0.3) is 0 Å². The van der Waals surface area contributed by atoms with Crippen molar-refractivity contribution in [3.63, 3.8) is 0 Å². The molecule has 0 aliphatic carbocycles. The quantitative estimate of drug-likeness (QED) is 0.829. The third kappa shape index (κ3) is 2.04. The average Bonchev–Trinajstić information content (AvgIpc) is 2.79. The number of aryl methyl sites for hydroxylation is 1. The molecule has 0 bridgehead atoms. The summed E-state index contributed by atoms with van der Waals surface area (Å²) >= 11 is 1.63. The Balaban J connectivity index is 1.82. The molecule has 0 unspecified atom stereocenters. The maximum Gasteiger partial charge on any atom is 0.254 e. The first-order valence-corrected chi connectivity index (χ1v) is 6.90. The van der Waals surface area contributed by atoms with Gasteiger partial charge >= 0.3 is 0 Å². The molecule has 0 saturated carbocycles. The molecule has 1 aromatic heterocycles. The Hall–Kier alpha value is -1.68. The first-order chi connectivity index (χ1) is 8.74. The predicted octanol–water partition coefficient (Wildman–Crippen LogP) is 2.65. The van der Waals surface area contributed by atoms with Crippen molar-refractivity contribution in [3.8, 4) is 0 Å². The van der Waals surface area contributed by atoms with E-state index in [0.29, 0.717) is 6.54 Å². The summed E-state index contributed by atoms with van der Waals surface area (Å²) in [5.74, 6) is 0.127. The fraction of sp³-hybridized carbons (Fsp3) is 0.286. The van der Waals surface area contributed by atoms with Crippen LogP contribution >= 0.6 is 11.3 Å². The van der Waals surface area contributed by atoms with Gasteiger partial charge < -0.3 is 4.90 Å². The van der Waals surface area contributed by atoms with Crippen LogP contribution in [0.4, 0.5) is 0 Å². The van der Waals surface area contributed by atoms with Crippen molar-refractivity contribution in [3.05, 3.63) is 51.5 Å². The number of hydrogen-bond acceptors (Lipinski definition) is 3. The van der Waals surface area contributed by atoms with Gasteiger partial charge in [-0.3, -0.25) is 4.79 Å². The van der Waals surface area contributed by atoms with Gasteiger partial charge in [0, 0.05) is 17.5 Å². The number of rotatable bonds is 2. The molecule has 2 aromatic rings. The number of hydrogen-bond donors (Lipinski definition) is 0. The Morgan fingerprint density at radius 1 is 1.39 bits per heavy atom. The second-order valence-electron chi connectivity index (χ2n) is 4.49. The summed E-state index contributed by atoms with van der Waals surface area (Å²) in [6.45, 7) is 3.39. The van der Waals surface area contributed by atoms with Crippen molar-refractivity contribution in [2.45, 2.75) is 19.9 Å². The zero-order valence-electron chi connectivity index (χ0n) is 10.2. The summed E-state index contributed by atoms with van der Waals surface area (Å²) in [4.78, 5) is 18.6. The minimum Gasteiger partial charge on any atom is -0.332 e. The molecule has 3 nitrogen and oxygen atoms in total. The standard InChI is InChI=1S/C14H14N2OS/c1-10-15-12(9-18-10)8-16-7-6-11-4-2-3-5-13(11)14(16)17/h2-5,9H,6-8H2,1H3. The van der Waals surface area contributed by atoms with E-state index in [2.05, 4.69) is 4.98 Å². The summed E-state index contributed by atoms with van der Waals surface area (Å²) in [6, 6.07) is 7.87. The molecule has 0 fully saturated rings. The van der Waals surface area contributed by atoms with Crippen LogP contribution in [0.1, 0.15) is 26.6 Å². The van der Waals surface area contributed by atoms with Crippen LogP contribution in [0.15, 0.2) is 29.6 Å². The number of amides is 1. The summed E-state index contributed by atoms with van der Waals surface area (Å²) < 4.78 is 0. The highest BCUT2D eigenvalue weighted by molar-refractivity contribution is 7.09. The molecular weight excluding hydrogens is 244 g/mol. The molecule has 1 aromatic carbocycles. The van der Waals surface area contributed by atoms with E-state index in [1.54, 1.807) is 11.3 Å². The lowest BCUT2D eigenvalue weighted by atomic mass is 9.99. The molecule has 1 amide bonds. The second kappa shape index (κ2) is 4.53. The lowest BCUT2D eigenvalue weighted by Crippen LogP contribution is -2.37. The summed E-state index contributed by atoms with van der Waals surface area (Å²) in [7, 11) is 0. The van der Waals surface area contributed by atoms with Gasteiger partial charge in [-0.05, 0) is 25.0 Å². The van der Waals surface area contributed by atoms with Gasteiger partial charge in [-0.2, -0.15) is 0 Å². The molecule has 0 N–H and O–H groups in total. The van der Waals surface area contributed by atoms with E-state index in [0.717, 1.165) is 34.8 Å². The predicted molar refractivity (Wildman–Crippen MR) is 71.7 cm³/mol. The van der Waals surface area contributed by atoms with Gasteiger partial charge in [0.1, 0.15) is 0 Å². The molecule has 4 heteroatoms. The lowest BCUT2D eigenvalue weighted by Gasteiger charge is -2.27. The average molecular weight is 258 g/mol. The van der Waals surface area contributed by atoms with Crippen LogP contribution in [0.3, 0.4) is 0 Å². The molecule has 92 valence electrons. The summed E-state index contributed by atoms with van der Waals surface area (Å²) in [6.07, 6.45) is 0.936. The molecule has 1 aliphatic rings. The van der Waals surface area contributed by atoms with Crippen molar-refractivity contribution >= 4 is 17.2 Å². The summed E-state index contributed by atoms with van der Waals surface area (Å²) in [5, 5.41) is 3.08. The van der Waals surface area contributed by atoms with Gasteiger partial charge in [-0.1, -0.05) is 18.2 Å². The molecule has 2 heterocycles. The number of carbonyl (C=O) groups is 1. The number of benzene rings is 1. The van der Waals surface area contributed by atoms with E-state index in [1.807, 2.05) is 41.5 Å². The molecule has 0 saturated heterocycles. The highest BCUT2D eigenvalue weighted by atomic mass is 32.1. The summed E-state index contributed by atoms with van der Waals surface area (Å²) in [5.41, 5.74) is 2.99. The van der Waals surface area contributed by atoms with E-state index in [1.165, 1.54) is 0 Å². The molecular formula is C14H14N2OS. The zero-order chi connectivity index (χ0) is 12.5. The van der Waals surface area contributed by atoms with Crippen molar-refractivity contribution < 1.29 is 4.79 Å². The maximum atomic E-state index is 12.3. The third-order valence-corrected chi connectivity index (χ3v) is 4.03. The Morgan fingerprint density at radius 2 is 2.22 bits per heavy atom. The zero-order valence-corrected chi connectivity index (χ0v) is 11.0. The molecule has 0 spiro atoms. The molecule has 18 heavy (non-hydrogen) atoms. The van der Waals surface area contributed by atoms with Gasteiger partial charge in [-0.15, -0.1) is 11.3 Å². The topological polar surface area (TPSA) is 33.2 Å². The van der Waals surface area contributed by atoms with Gasteiger partial charge in [-0.25, -0.2) is 4.98 Å². The van der Waals surface area contributed by atoms with Crippen LogP contribution in [0, 0.1) is 6.92 Å². The Labute approximate surface area is 110 Å². The van der Waals surface area contributed by atoms with Gasteiger partial charge in [0.2, 0.25) is 0 Å². The highest BCUT2D eigenvalue weighted by Gasteiger charge is 2.24. The first-order valence-electron chi connectivity index (χ1n) is 6.02. The van der Waals surface area contributed by atoms with E-state index >= 15 is 0 Å². The van der Waals surface area contributed by atoms with Crippen molar-refractivity contribution in [2.75, 3.05) is 6.54 Å². The number of aromatic nitrogens is 1. The van der Waals surface area contributed by atoms with Crippen LogP contribution in [-0.2, 0) is 13.0 Å². The first kappa shape index (κ1) is 11.4. The van der Waals surface area contributed by atoms with Gasteiger partial charge in [0.25, 0.3) is 5.91 Å². The van der Waals surface area contributed by atoms with Crippen molar-refractivity contribution in [1.29, 1.82) is 0 Å². The Kier molecular flexibility index (Phi) is 2.88. The largest absolute Gasteiger partial charge is 0.332 e. The molecule has 0 atom stereocenters. The normalized spacial score (nSPS) is 14.7. The van der Waals surface area contributed by atoms with Crippen LogP contribution < -0.4 is 0 Å². The molecule has 0 radical (unpaired) electrons. The smallest absolute Gasteiger partial charge is 0.254 e. The van der Waals surface area contributed by atoms with Crippen molar-refractivity contribution in [1.82, 2.24) is 9.88 Å². The lowest BCUT2D eigenvalue weighted by molar-refractivity contribution is 0.0725. The van der Waals surface area contributed by atoms with Crippen molar-refractivity contribution in [2.24, 2.45) is 0 Å². The number of carbonyl (C=O) groups excluding carboxylic acids is 1. The molecule has 1 aliphatic heterocycles. The van der Waals surface area contributed by atoms with Crippen LogP contribution in [-0.4, -0.2) is 22.3 Å². The van der Waals surface area contributed by atoms with Crippen LogP contribution in [0.5, 0.6) is 0 Å². The van der Waals surface area contributed by atoms with Gasteiger partial charge in [0.05, 0.1) is 17.2 Å². The van der Waals surface area contributed by atoms with E-state index in [9.17, 15) is 4.79 Å². The number of thiazole rings is 1. The minimum absolute atomic E-state index is 0.127. The SMILES string of the molecule is Cc1nc(CN2CCc3ccccc3C2=O)cs1. The molecule has 3 rings (SSSR count). The van der Waals surface area contributed by atoms with E-state index in [4.69, 9.17) is 0 Å². The highest BCUT2D eigenvalue weighted by Crippen LogP contribution is 2.20.